The van der Waals surface area contributed by atoms with Gasteiger partial charge in [0, 0.05) is 31.4 Å². The smallest absolute Gasteiger partial charge is 0.395 e. The number of ether oxygens (including phenoxy) is 1. The van der Waals surface area contributed by atoms with Crippen molar-refractivity contribution in [2.75, 3.05) is 6.61 Å². The third-order valence-corrected chi connectivity index (χ3v) is 3.72. The largest absolute Gasteiger partial charge is 0.501 e. The van der Waals surface area contributed by atoms with Crippen LogP contribution < -0.4 is 5.46 Å². The monoisotopic (exact) mass is 265 g/mol. The molecule has 5 nitrogen and oxygen atoms in total. The first-order valence-corrected chi connectivity index (χ1v) is 6.63. The molecule has 1 aromatic rings. The van der Waals surface area contributed by atoms with Crippen molar-refractivity contribution in [3.05, 3.63) is 19.3 Å². The zero-order chi connectivity index (χ0) is 14.3. The Kier molecular flexibility index (Phi) is 3.68. The molecule has 1 saturated heterocycles. The molecule has 0 saturated carbocycles. The van der Waals surface area contributed by atoms with Gasteiger partial charge in [-0.1, -0.05) is 0 Å². The summed E-state index contributed by atoms with van der Waals surface area (Å²) in [4.78, 5) is 0. The van der Waals surface area contributed by atoms with E-state index in [0.717, 1.165) is 5.46 Å². The van der Waals surface area contributed by atoms with Crippen molar-refractivity contribution in [1.82, 2.24) is 9.78 Å². The molecule has 2 heterocycles. The predicted octanol–water partition coefficient (Wildman–Crippen LogP) is 1.55. The molecule has 0 bridgehead atoms. The minimum atomic E-state index is -0.578. The van der Waals surface area contributed by atoms with Crippen molar-refractivity contribution in [1.29, 1.82) is 0 Å². The van der Waals surface area contributed by atoms with Crippen LogP contribution in [0.1, 0.15) is 40.8 Å². The Labute approximate surface area is 115 Å². The molecule has 1 fully saturated rings. The lowest BCUT2D eigenvalue weighted by molar-refractivity contribution is 0.0160. The minimum Gasteiger partial charge on any atom is -0.395 e. The van der Waals surface area contributed by atoms with Gasteiger partial charge in [0.1, 0.15) is 11.8 Å². The molecule has 6 heteroatoms. The molecule has 2 unspecified atom stereocenters. The number of rotatable bonds is 4. The molecule has 1 aliphatic rings. The highest BCUT2D eigenvalue weighted by Crippen LogP contribution is 2.36. The Morgan fingerprint density at radius 2 is 2.16 bits per heavy atom. The maximum absolute atomic E-state index is 5.92. The SMILES string of the molecule is [CH2+]C1(C)OB(c2cnn(C(C)OCC)c2)OC1(C)C. The van der Waals surface area contributed by atoms with Gasteiger partial charge >= 0.3 is 7.12 Å². The molecular weight excluding hydrogens is 243 g/mol. The Morgan fingerprint density at radius 1 is 1.47 bits per heavy atom. The molecule has 0 spiro atoms. The lowest BCUT2D eigenvalue weighted by Gasteiger charge is -2.25. The molecule has 0 aromatic carbocycles. The Balaban J connectivity index is 2.13. The van der Waals surface area contributed by atoms with Crippen LogP contribution in [0.5, 0.6) is 0 Å². The van der Waals surface area contributed by atoms with Gasteiger partial charge in [-0.3, -0.25) is 0 Å². The van der Waals surface area contributed by atoms with Crippen molar-refractivity contribution in [2.45, 2.75) is 52.0 Å². The molecule has 2 rings (SSSR count). The highest BCUT2D eigenvalue weighted by Gasteiger charge is 2.57. The minimum absolute atomic E-state index is 0.0979. The van der Waals surface area contributed by atoms with Crippen LogP contribution in [0.3, 0.4) is 0 Å². The molecule has 1 aromatic heterocycles. The molecule has 0 amide bonds. The zero-order valence-electron chi connectivity index (χ0n) is 12.3. The second-order valence-electron chi connectivity index (χ2n) is 5.62. The van der Waals surface area contributed by atoms with Gasteiger partial charge in [0.2, 0.25) is 5.60 Å². The molecule has 19 heavy (non-hydrogen) atoms. The van der Waals surface area contributed by atoms with Gasteiger partial charge in [0.15, 0.2) is 0 Å². The summed E-state index contributed by atoms with van der Waals surface area (Å²) in [5.74, 6) is 0. The predicted molar refractivity (Wildman–Crippen MR) is 74.0 cm³/mol. The summed E-state index contributed by atoms with van der Waals surface area (Å²) < 4.78 is 19.1. The molecule has 104 valence electrons. The van der Waals surface area contributed by atoms with Gasteiger partial charge < -0.3 is 14.0 Å². The summed E-state index contributed by atoms with van der Waals surface area (Å²) in [7, 11) is -0.430. The molecule has 1 aliphatic heterocycles. The summed E-state index contributed by atoms with van der Waals surface area (Å²) in [5.41, 5.74) is -0.136. The average molecular weight is 265 g/mol. The van der Waals surface area contributed by atoms with E-state index in [2.05, 4.69) is 12.0 Å². The molecule has 0 radical (unpaired) electrons. The standard InChI is InChI=1S/C13H22BN2O3/c1-7-17-10(2)16-9-11(8-15-16)14-18-12(3,4)13(5,6)19-14/h8-10H,3,7H2,1-2,4-6H3/q+1. The van der Waals surface area contributed by atoms with Gasteiger partial charge in [0.25, 0.3) is 0 Å². The molecule has 0 aliphatic carbocycles. The van der Waals surface area contributed by atoms with E-state index < -0.39 is 18.3 Å². The summed E-state index contributed by atoms with van der Waals surface area (Å²) in [5, 5.41) is 4.29. The average Bonchev–Trinajstić information content (AvgIpc) is 2.83. The Hall–Kier alpha value is -0.975. The van der Waals surface area contributed by atoms with Crippen molar-refractivity contribution in [3.8, 4) is 0 Å². The first kappa shape index (κ1) is 14.4. The molecular formula is C13H22BN2O3+. The van der Waals surface area contributed by atoms with Crippen LogP contribution in [-0.4, -0.2) is 34.7 Å². The summed E-state index contributed by atoms with van der Waals surface area (Å²) >= 11 is 0. The maximum Gasteiger partial charge on any atom is 0.501 e. The topological polar surface area (TPSA) is 45.5 Å². The maximum atomic E-state index is 5.92. The van der Waals surface area contributed by atoms with Gasteiger partial charge in [-0.15, -0.1) is 0 Å². The van der Waals surface area contributed by atoms with Crippen LogP contribution in [0.15, 0.2) is 12.4 Å². The lowest BCUT2D eigenvalue weighted by atomic mass is 9.82. The second-order valence-corrected chi connectivity index (χ2v) is 5.62. The van der Waals surface area contributed by atoms with Crippen molar-refractivity contribution in [3.63, 3.8) is 0 Å². The fourth-order valence-corrected chi connectivity index (χ4v) is 1.92. The van der Waals surface area contributed by atoms with Crippen LogP contribution in [-0.2, 0) is 14.0 Å². The van der Waals surface area contributed by atoms with Gasteiger partial charge in [-0.25, -0.2) is 4.68 Å². The zero-order valence-corrected chi connectivity index (χ0v) is 12.3. The highest BCUT2D eigenvalue weighted by molar-refractivity contribution is 6.62. The van der Waals surface area contributed by atoms with E-state index in [1.54, 1.807) is 10.9 Å². The fourth-order valence-electron chi connectivity index (χ4n) is 1.92. The number of nitrogens with zero attached hydrogens (tertiary/aromatic N) is 2. The van der Waals surface area contributed by atoms with Crippen LogP contribution in [0.4, 0.5) is 0 Å². The van der Waals surface area contributed by atoms with Crippen molar-refractivity contribution < 1.29 is 14.0 Å². The normalized spacial score (nSPS) is 27.7. The van der Waals surface area contributed by atoms with Crippen molar-refractivity contribution >= 4 is 12.6 Å². The van der Waals surface area contributed by atoms with E-state index in [9.17, 15) is 0 Å². The molecule has 0 N–H and O–H groups in total. The summed E-state index contributed by atoms with van der Waals surface area (Å²) in [6.07, 6.45) is 3.54. The van der Waals surface area contributed by atoms with E-state index in [-0.39, 0.29) is 6.23 Å². The van der Waals surface area contributed by atoms with E-state index in [4.69, 9.17) is 14.0 Å². The van der Waals surface area contributed by atoms with Crippen LogP contribution >= 0.6 is 0 Å². The summed E-state index contributed by atoms with van der Waals surface area (Å²) in [6.45, 7) is 14.5. The third kappa shape index (κ3) is 2.66. The Morgan fingerprint density at radius 3 is 2.68 bits per heavy atom. The third-order valence-electron chi connectivity index (χ3n) is 3.72. The highest BCUT2D eigenvalue weighted by atomic mass is 16.7. The van der Waals surface area contributed by atoms with E-state index in [1.165, 1.54) is 0 Å². The number of aromatic nitrogens is 2. The van der Waals surface area contributed by atoms with E-state index in [1.807, 2.05) is 40.8 Å². The molecule has 2 atom stereocenters. The number of hydrogen-bond acceptors (Lipinski definition) is 4. The van der Waals surface area contributed by atoms with Crippen LogP contribution in [0.25, 0.3) is 0 Å². The van der Waals surface area contributed by atoms with E-state index >= 15 is 0 Å². The van der Waals surface area contributed by atoms with Gasteiger partial charge in [-0.05, 0) is 27.7 Å². The van der Waals surface area contributed by atoms with Gasteiger partial charge in [-0.2, -0.15) is 5.10 Å². The van der Waals surface area contributed by atoms with Crippen LogP contribution in [0.2, 0.25) is 0 Å². The van der Waals surface area contributed by atoms with Gasteiger partial charge in [0.05, 0.1) is 6.92 Å². The van der Waals surface area contributed by atoms with E-state index in [0.29, 0.717) is 6.61 Å². The quantitative estimate of drug-likeness (QED) is 0.612. The lowest BCUT2D eigenvalue weighted by Crippen LogP contribution is -2.42. The second kappa shape index (κ2) is 4.85. The fraction of sp³-hybridized carbons (Fsp3) is 0.692. The summed E-state index contributed by atoms with van der Waals surface area (Å²) in [6, 6.07) is 0. The Bertz CT molecular complexity index is 429. The van der Waals surface area contributed by atoms with Crippen molar-refractivity contribution in [2.24, 2.45) is 0 Å². The first-order chi connectivity index (χ1) is 8.77. The van der Waals surface area contributed by atoms with Crippen LogP contribution in [0, 0.1) is 6.92 Å². The first-order valence-electron chi connectivity index (χ1n) is 6.63. The number of hydrogen-bond donors (Lipinski definition) is 0.